The minimum Gasteiger partial charge on any atom is -0.495 e. The molecular weight excluding hydrogens is 453 g/mol. The van der Waals surface area contributed by atoms with Gasteiger partial charge in [-0.25, -0.2) is 4.39 Å². The van der Waals surface area contributed by atoms with Gasteiger partial charge in [-0.15, -0.1) is 0 Å². The highest BCUT2D eigenvalue weighted by atomic mass is 19.1. The Morgan fingerprint density at radius 1 is 1.06 bits per heavy atom. The Balaban J connectivity index is 1.34. The molecule has 186 valence electrons. The van der Waals surface area contributed by atoms with E-state index in [0.717, 1.165) is 0 Å². The number of nitrogens with one attached hydrogen (secondary N) is 2. The summed E-state index contributed by atoms with van der Waals surface area (Å²) in [6, 6.07) is 12.8. The number of methoxy groups -OCH3 is 1. The number of hydrogen-bond donors (Lipinski definition) is 2. The summed E-state index contributed by atoms with van der Waals surface area (Å²) in [6.45, 7) is 3.21. The molecule has 35 heavy (non-hydrogen) atoms. The average molecular weight is 484 g/mol. The third-order valence-corrected chi connectivity index (χ3v) is 6.34. The lowest BCUT2D eigenvalue weighted by molar-refractivity contribution is -0.145. The number of para-hydroxylation sites is 3. The van der Waals surface area contributed by atoms with Gasteiger partial charge in [0.2, 0.25) is 17.7 Å². The van der Waals surface area contributed by atoms with Crippen molar-refractivity contribution >= 4 is 29.1 Å². The van der Waals surface area contributed by atoms with Crippen LogP contribution in [0, 0.1) is 5.82 Å². The maximum atomic E-state index is 14.1. The fourth-order valence-corrected chi connectivity index (χ4v) is 4.48. The molecule has 2 aromatic rings. The number of ether oxygens (including phenoxy) is 1. The number of amides is 3. The van der Waals surface area contributed by atoms with Crippen LogP contribution in [0.3, 0.4) is 0 Å². The van der Waals surface area contributed by atoms with Crippen LogP contribution in [0.1, 0.15) is 6.42 Å². The lowest BCUT2D eigenvalue weighted by Gasteiger charge is -2.39. The fraction of sp³-hybridized carbons (Fsp3) is 0.400. The van der Waals surface area contributed by atoms with Crippen molar-refractivity contribution in [3.63, 3.8) is 0 Å². The molecule has 4 rings (SSSR count). The third kappa shape index (κ3) is 5.89. The van der Waals surface area contributed by atoms with Crippen molar-refractivity contribution < 1.29 is 23.5 Å². The molecule has 2 N–H and O–H groups in total. The molecular formula is C25H30FN5O4. The van der Waals surface area contributed by atoms with Gasteiger partial charge >= 0.3 is 0 Å². The summed E-state index contributed by atoms with van der Waals surface area (Å²) in [7, 11) is 1.51. The Hall–Kier alpha value is -3.66. The molecule has 0 aromatic heterocycles. The minimum atomic E-state index is -0.884. The van der Waals surface area contributed by atoms with Gasteiger partial charge in [0.15, 0.2) is 0 Å². The number of nitrogens with zero attached hydrogens (tertiary/aromatic N) is 3. The van der Waals surface area contributed by atoms with Crippen molar-refractivity contribution in [3.05, 3.63) is 54.3 Å². The predicted octanol–water partition coefficient (Wildman–Crippen LogP) is 1.31. The fourth-order valence-electron chi connectivity index (χ4n) is 4.48. The highest BCUT2D eigenvalue weighted by Gasteiger charge is 2.35. The van der Waals surface area contributed by atoms with E-state index in [1.165, 1.54) is 18.1 Å². The van der Waals surface area contributed by atoms with E-state index in [4.69, 9.17) is 4.74 Å². The predicted molar refractivity (Wildman–Crippen MR) is 130 cm³/mol. The second-order valence-corrected chi connectivity index (χ2v) is 8.56. The summed E-state index contributed by atoms with van der Waals surface area (Å²) in [5.41, 5.74) is 1.06. The van der Waals surface area contributed by atoms with Gasteiger partial charge in [-0.3, -0.25) is 19.3 Å². The van der Waals surface area contributed by atoms with E-state index in [1.54, 1.807) is 42.5 Å². The van der Waals surface area contributed by atoms with Gasteiger partial charge < -0.3 is 25.2 Å². The zero-order valence-corrected chi connectivity index (χ0v) is 19.7. The van der Waals surface area contributed by atoms with Gasteiger partial charge in [0.25, 0.3) is 0 Å². The second kappa shape index (κ2) is 11.2. The van der Waals surface area contributed by atoms with Crippen LogP contribution in [0.2, 0.25) is 0 Å². The molecule has 0 aliphatic carbocycles. The zero-order chi connectivity index (χ0) is 24.8. The van der Waals surface area contributed by atoms with Crippen molar-refractivity contribution in [2.75, 3.05) is 63.1 Å². The summed E-state index contributed by atoms with van der Waals surface area (Å²) in [5, 5.41) is 5.51. The molecule has 2 aliphatic heterocycles. The van der Waals surface area contributed by atoms with Gasteiger partial charge in [0, 0.05) is 39.3 Å². The molecule has 2 fully saturated rings. The number of carbonyl (C=O) groups excluding carboxylic acids is 3. The first-order valence-corrected chi connectivity index (χ1v) is 11.7. The topological polar surface area (TPSA) is 94.2 Å². The van der Waals surface area contributed by atoms with Crippen molar-refractivity contribution in [3.8, 4) is 5.75 Å². The smallest absolute Gasteiger partial charge is 0.243 e. The SMILES string of the molecule is COc1ccccc1NC(=O)C[C@H]1C(=O)NCCN1C(=O)CN1CCN(c2ccccc2F)CC1. The number of benzene rings is 2. The largest absolute Gasteiger partial charge is 0.495 e. The van der Waals surface area contributed by atoms with Crippen molar-refractivity contribution in [1.29, 1.82) is 0 Å². The molecule has 2 saturated heterocycles. The maximum absolute atomic E-state index is 14.1. The second-order valence-electron chi connectivity index (χ2n) is 8.56. The Morgan fingerprint density at radius 2 is 1.77 bits per heavy atom. The van der Waals surface area contributed by atoms with Crippen LogP contribution in [0.4, 0.5) is 15.8 Å². The molecule has 1 atom stereocenters. The van der Waals surface area contributed by atoms with E-state index in [1.807, 2.05) is 9.80 Å². The van der Waals surface area contributed by atoms with Crippen molar-refractivity contribution in [2.45, 2.75) is 12.5 Å². The van der Waals surface area contributed by atoms with E-state index >= 15 is 0 Å². The van der Waals surface area contributed by atoms with E-state index in [9.17, 15) is 18.8 Å². The van der Waals surface area contributed by atoms with Crippen molar-refractivity contribution in [2.24, 2.45) is 0 Å². The third-order valence-electron chi connectivity index (χ3n) is 6.34. The zero-order valence-electron chi connectivity index (χ0n) is 19.7. The Bertz CT molecular complexity index is 1070. The Labute approximate surface area is 203 Å². The number of halogens is 1. The molecule has 0 radical (unpaired) electrons. The van der Waals surface area contributed by atoms with Gasteiger partial charge in [-0.05, 0) is 24.3 Å². The van der Waals surface area contributed by atoms with Crippen LogP contribution >= 0.6 is 0 Å². The van der Waals surface area contributed by atoms with Crippen LogP contribution in [0.15, 0.2) is 48.5 Å². The van der Waals surface area contributed by atoms with E-state index in [0.29, 0.717) is 56.4 Å². The molecule has 2 aliphatic rings. The number of piperazine rings is 2. The average Bonchev–Trinajstić information content (AvgIpc) is 2.86. The molecule has 3 amide bonds. The molecule has 0 bridgehead atoms. The summed E-state index contributed by atoms with van der Waals surface area (Å²) in [6.07, 6.45) is -0.156. The van der Waals surface area contributed by atoms with Crippen LogP contribution in [0.25, 0.3) is 0 Å². The first kappa shape index (κ1) is 24.5. The van der Waals surface area contributed by atoms with Gasteiger partial charge in [0.05, 0.1) is 31.5 Å². The van der Waals surface area contributed by atoms with Gasteiger partial charge in [0.1, 0.15) is 17.6 Å². The lowest BCUT2D eigenvalue weighted by atomic mass is 10.1. The number of rotatable bonds is 7. The molecule has 9 nitrogen and oxygen atoms in total. The van der Waals surface area contributed by atoms with Crippen LogP contribution in [-0.4, -0.2) is 86.5 Å². The molecule has 0 saturated carbocycles. The maximum Gasteiger partial charge on any atom is 0.243 e. The Kier molecular flexibility index (Phi) is 7.81. The number of carbonyl (C=O) groups is 3. The minimum absolute atomic E-state index is 0.142. The highest BCUT2D eigenvalue weighted by Crippen LogP contribution is 2.24. The molecule has 10 heteroatoms. The summed E-state index contributed by atoms with van der Waals surface area (Å²) in [4.78, 5) is 43.9. The van der Waals surface area contributed by atoms with Crippen LogP contribution in [-0.2, 0) is 14.4 Å². The van der Waals surface area contributed by atoms with Gasteiger partial charge in [-0.2, -0.15) is 0 Å². The van der Waals surface area contributed by atoms with E-state index in [2.05, 4.69) is 10.6 Å². The lowest BCUT2D eigenvalue weighted by Crippen LogP contribution is -2.60. The van der Waals surface area contributed by atoms with E-state index in [-0.39, 0.29) is 36.5 Å². The molecule has 0 unspecified atom stereocenters. The van der Waals surface area contributed by atoms with Crippen LogP contribution < -0.4 is 20.3 Å². The summed E-state index contributed by atoms with van der Waals surface area (Å²) >= 11 is 0. The molecule has 2 heterocycles. The standard InChI is InChI=1S/C25H30FN5O4/c1-35-22-9-5-3-7-19(22)28-23(32)16-21-25(34)27-10-11-31(21)24(33)17-29-12-14-30(15-13-29)20-8-4-2-6-18(20)26/h2-9,21H,10-17H2,1H3,(H,27,34)(H,28,32)/t21-/m0/s1. The molecule has 0 spiro atoms. The Morgan fingerprint density at radius 3 is 2.51 bits per heavy atom. The monoisotopic (exact) mass is 483 g/mol. The van der Waals surface area contributed by atoms with E-state index < -0.39 is 6.04 Å². The highest BCUT2D eigenvalue weighted by molar-refractivity contribution is 5.98. The quantitative estimate of drug-likeness (QED) is 0.617. The normalized spacial score (nSPS) is 18.7. The number of anilines is 2. The first-order chi connectivity index (χ1) is 17.0. The molecule has 2 aromatic carbocycles. The summed E-state index contributed by atoms with van der Waals surface area (Å²) < 4.78 is 19.3. The van der Waals surface area contributed by atoms with Crippen LogP contribution in [0.5, 0.6) is 5.75 Å². The van der Waals surface area contributed by atoms with Gasteiger partial charge in [-0.1, -0.05) is 24.3 Å². The number of hydrogen-bond acceptors (Lipinski definition) is 6. The first-order valence-electron chi connectivity index (χ1n) is 11.7. The summed E-state index contributed by atoms with van der Waals surface area (Å²) in [5.74, 6) is -0.673. The van der Waals surface area contributed by atoms with Crippen molar-refractivity contribution in [1.82, 2.24) is 15.1 Å².